The van der Waals surface area contributed by atoms with Crippen LogP contribution in [0.15, 0.2) is 21.9 Å². The lowest BCUT2D eigenvalue weighted by molar-refractivity contribution is -0.147. The summed E-state index contributed by atoms with van der Waals surface area (Å²) in [6.07, 6.45) is 1.33. The molecule has 0 spiro atoms. The average Bonchev–Trinajstić information content (AvgIpc) is 3.24. The molecule has 1 aliphatic rings. The van der Waals surface area contributed by atoms with Gasteiger partial charge in [-0.15, -0.1) is 21.5 Å². The lowest BCUT2D eigenvalue weighted by Gasteiger charge is -2.21. The lowest BCUT2D eigenvalue weighted by atomic mass is 10.2. The van der Waals surface area contributed by atoms with E-state index in [1.165, 1.54) is 18.4 Å². The number of aromatic nitrogens is 2. The van der Waals surface area contributed by atoms with Crippen molar-refractivity contribution in [1.82, 2.24) is 15.1 Å². The maximum Gasteiger partial charge on any atom is 0.315 e. The van der Waals surface area contributed by atoms with E-state index in [0.29, 0.717) is 18.3 Å². The van der Waals surface area contributed by atoms with Crippen LogP contribution in [-0.4, -0.2) is 40.6 Å². The van der Waals surface area contributed by atoms with Crippen LogP contribution in [-0.2, 0) is 14.3 Å². The Morgan fingerprint density at radius 2 is 2.36 bits per heavy atom. The maximum atomic E-state index is 12.2. The minimum atomic E-state index is -0.541. The summed E-state index contributed by atoms with van der Waals surface area (Å²) in [5.74, 6) is 0.0575. The normalized spacial score (nSPS) is 17.7. The van der Waals surface area contributed by atoms with Gasteiger partial charge in [0.2, 0.25) is 11.8 Å². The Morgan fingerprint density at radius 3 is 3.09 bits per heavy atom. The number of rotatable bonds is 4. The van der Waals surface area contributed by atoms with E-state index < -0.39 is 5.97 Å². The third kappa shape index (κ3) is 2.87. The summed E-state index contributed by atoms with van der Waals surface area (Å²) in [5.41, 5.74) is 0. The van der Waals surface area contributed by atoms with Gasteiger partial charge in [0.1, 0.15) is 12.5 Å². The first kappa shape index (κ1) is 14.7. The molecule has 116 valence electrons. The van der Waals surface area contributed by atoms with Gasteiger partial charge < -0.3 is 14.1 Å². The second kappa shape index (κ2) is 6.27. The van der Waals surface area contributed by atoms with E-state index in [9.17, 15) is 9.59 Å². The SMILES string of the molecule is COC(=O)CC(=O)N1CCCC1c1nnc(-c2cccs2)o1. The number of nitrogens with zero attached hydrogens (tertiary/aromatic N) is 3. The number of carbonyl (C=O) groups is 2. The van der Waals surface area contributed by atoms with Gasteiger partial charge in [0.15, 0.2) is 0 Å². The molecule has 1 amide bonds. The highest BCUT2D eigenvalue weighted by Gasteiger charge is 2.34. The van der Waals surface area contributed by atoms with Gasteiger partial charge in [0, 0.05) is 6.54 Å². The molecule has 0 saturated carbocycles. The summed E-state index contributed by atoms with van der Waals surface area (Å²) in [4.78, 5) is 25.9. The number of amides is 1. The number of methoxy groups -OCH3 is 1. The maximum absolute atomic E-state index is 12.2. The smallest absolute Gasteiger partial charge is 0.315 e. The number of thiophene rings is 1. The molecule has 1 fully saturated rings. The minimum absolute atomic E-state index is 0.265. The predicted octanol–water partition coefficient (Wildman–Crippen LogP) is 2.02. The highest BCUT2D eigenvalue weighted by molar-refractivity contribution is 7.13. The van der Waals surface area contributed by atoms with Crippen molar-refractivity contribution in [3.63, 3.8) is 0 Å². The molecule has 2 aromatic rings. The molecule has 0 aromatic carbocycles. The summed E-state index contributed by atoms with van der Waals surface area (Å²) >= 11 is 1.51. The molecule has 1 unspecified atom stereocenters. The van der Waals surface area contributed by atoms with Crippen LogP contribution >= 0.6 is 11.3 Å². The fourth-order valence-electron chi connectivity index (χ4n) is 2.49. The summed E-state index contributed by atoms with van der Waals surface area (Å²) in [7, 11) is 1.27. The second-order valence-corrected chi connectivity index (χ2v) is 5.87. The fourth-order valence-corrected chi connectivity index (χ4v) is 3.13. The highest BCUT2D eigenvalue weighted by Crippen LogP contribution is 2.33. The molecule has 0 bridgehead atoms. The van der Waals surface area contributed by atoms with Gasteiger partial charge in [-0.1, -0.05) is 6.07 Å². The Balaban J connectivity index is 1.76. The van der Waals surface area contributed by atoms with Crippen LogP contribution in [0.2, 0.25) is 0 Å². The average molecular weight is 321 g/mol. The molecule has 7 nitrogen and oxygen atoms in total. The molecule has 3 heterocycles. The first-order chi connectivity index (χ1) is 10.7. The molecule has 1 atom stereocenters. The Morgan fingerprint density at radius 1 is 1.50 bits per heavy atom. The molecule has 1 aliphatic heterocycles. The van der Waals surface area contributed by atoms with Crippen LogP contribution in [0.1, 0.15) is 31.2 Å². The number of carbonyl (C=O) groups excluding carboxylic acids is 2. The summed E-state index contributed by atoms with van der Waals surface area (Å²) < 4.78 is 10.2. The zero-order chi connectivity index (χ0) is 15.5. The molecule has 0 radical (unpaired) electrons. The van der Waals surface area contributed by atoms with Gasteiger partial charge in [-0.3, -0.25) is 9.59 Å². The van der Waals surface area contributed by atoms with Gasteiger partial charge in [-0.05, 0) is 24.3 Å². The van der Waals surface area contributed by atoms with Crippen LogP contribution in [0, 0.1) is 0 Å². The third-order valence-electron chi connectivity index (χ3n) is 3.55. The zero-order valence-corrected chi connectivity index (χ0v) is 12.8. The second-order valence-electron chi connectivity index (χ2n) is 4.92. The van der Waals surface area contributed by atoms with Crippen molar-refractivity contribution in [3.8, 4) is 10.8 Å². The molecular weight excluding hydrogens is 306 g/mol. The first-order valence-corrected chi connectivity index (χ1v) is 7.80. The van der Waals surface area contributed by atoms with Crippen LogP contribution < -0.4 is 0 Å². The van der Waals surface area contributed by atoms with Gasteiger partial charge >= 0.3 is 5.97 Å². The van der Waals surface area contributed by atoms with Gasteiger partial charge in [-0.25, -0.2) is 0 Å². The zero-order valence-electron chi connectivity index (χ0n) is 12.0. The number of hydrogen-bond acceptors (Lipinski definition) is 7. The molecule has 1 saturated heterocycles. The van der Waals surface area contributed by atoms with E-state index >= 15 is 0 Å². The molecular formula is C14H15N3O4S. The topological polar surface area (TPSA) is 85.5 Å². The molecule has 3 rings (SSSR count). The van der Waals surface area contributed by atoms with E-state index in [1.54, 1.807) is 4.90 Å². The van der Waals surface area contributed by atoms with Crippen molar-refractivity contribution < 1.29 is 18.7 Å². The third-order valence-corrected chi connectivity index (χ3v) is 4.41. The van der Waals surface area contributed by atoms with Crippen LogP contribution in [0.25, 0.3) is 10.8 Å². The predicted molar refractivity (Wildman–Crippen MR) is 77.9 cm³/mol. The van der Waals surface area contributed by atoms with Crippen molar-refractivity contribution in [3.05, 3.63) is 23.4 Å². The van der Waals surface area contributed by atoms with Crippen molar-refractivity contribution in [1.29, 1.82) is 0 Å². The van der Waals surface area contributed by atoms with E-state index in [2.05, 4.69) is 14.9 Å². The molecule has 8 heteroatoms. The standard InChI is InChI=1S/C14H15N3O4S/c1-20-12(19)8-11(18)17-6-2-4-9(17)13-15-16-14(21-13)10-5-3-7-22-10/h3,5,7,9H,2,4,6,8H2,1H3. The highest BCUT2D eigenvalue weighted by atomic mass is 32.1. The number of hydrogen-bond donors (Lipinski definition) is 0. The van der Waals surface area contributed by atoms with Gasteiger partial charge in [0.05, 0.1) is 12.0 Å². The molecule has 22 heavy (non-hydrogen) atoms. The number of esters is 1. The van der Waals surface area contributed by atoms with E-state index in [1.807, 2.05) is 17.5 Å². The first-order valence-electron chi connectivity index (χ1n) is 6.92. The Labute approximate surface area is 130 Å². The van der Waals surface area contributed by atoms with Crippen LogP contribution in [0.3, 0.4) is 0 Å². The van der Waals surface area contributed by atoms with Crippen molar-refractivity contribution in [2.75, 3.05) is 13.7 Å². The summed E-state index contributed by atoms with van der Waals surface area (Å²) in [6, 6.07) is 3.54. The van der Waals surface area contributed by atoms with Crippen molar-refractivity contribution >= 4 is 23.2 Å². The Kier molecular flexibility index (Phi) is 4.19. The molecule has 0 N–H and O–H groups in total. The van der Waals surface area contributed by atoms with Crippen molar-refractivity contribution in [2.24, 2.45) is 0 Å². The lowest BCUT2D eigenvalue weighted by Crippen LogP contribution is -2.32. The minimum Gasteiger partial charge on any atom is -0.469 e. The Hall–Kier alpha value is -2.22. The monoisotopic (exact) mass is 321 g/mol. The Bertz CT molecular complexity index is 667. The summed E-state index contributed by atoms with van der Waals surface area (Å²) in [5, 5.41) is 10.0. The quantitative estimate of drug-likeness (QED) is 0.632. The fraction of sp³-hybridized carbons (Fsp3) is 0.429. The van der Waals surface area contributed by atoms with E-state index in [4.69, 9.17) is 4.42 Å². The van der Waals surface area contributed by atoms with Crippen molar-refractivity contribution in [2.45, 2.75) is 25.3 Å². The summed E-state index contributed by atoms with van der Waals surface area (Å²) in [6.45, 7) is 0.581. The number of ether oxygens (including phenoxy) is 1. The molecule has 0 aliphatic carbocycles. The number of likely N-dealkylation sites (tertiary alicyclic amines) is 1. The molecule has 2 aromatic heterocycles. The van der Waals surface area contributed by atoms with E-state index in [-0.39, 0.29) is 18.4 Å². The van der Waals surface area contributed by atoms with Crippen LogP contribution in [0.5, 0.6) is 0 Å². The van der Waals surface area contributed by atoms with Crippen LogP contribution in [0.4, 0.5) is 0 Å². The van der Waals surface area contributed by atoms with Gasteiger partial charge in [0.25, 0.3) is 5.89 Å². The van der Waals surface area contributed by atoms with E-state index in [0.717, 1.165) is 17.7 Å². The largest absolute Gasteiger partial charge is 0.469 e. The van der Waals surface area contributed by atoms with Gasteiger partial charge in [-0.2, -0.15) is 0 Å².